The molecule has 3 aliphatic rings. The molecule has 156 valence electrons. The van der Waals surface area contributed by atoms with Gasteiger partial charge in [0.25, 0.3) is 0 Å². The zero-order valence-electron chi connectivity index (χ0n) is 17.5. The van der Waals surface area contributed by atoms with Crippen LogP contribution in [0.2, 0.25) is 0 Å². The number of amides is 1. The van der Waals surface area contributed by atoms with Gasteiger partial charge in [0.2, 0.25) is 5.91 Å². The van der Waals surface area contributed by atoms with Crippen molar-refractivity contribution in [2.24, 2.45) is 5.41 Å². The Labute approximate surface area is 178 Å². The number of nitrogens with zero attached hydrogens (tertiary/aromatic N) is 3. The molecule has 6 nitrogen and oxygen atoms in total. The van der Waals surface area contributed by atoms with Gasteiger partial charge in [0, 0.05) is 11.5 Å². The fourth-order valence-corrected chi connectivity index (χ4v) is 5.75. The molecule has 1 amide bonds. The van der Waals surface area contributed by atoms with Crippen molar-refractivity contribution in [1.29, 1.82) is 10.5 Å². The molecule has 2 N–H and O–H groups in total. The Balaban J connectivity index is 1.82. The molecule has 0 aromatic rings. The average Bonchev–Trinajstić information content (AvgIpc) is 2.74. The van der Waals surface area contributed by atoms with Crippen LogP contribution in [0.3, 0.4) is 0 Å². The van der Waals surface area contributed by atoms with Crippen molar-refractivity contribution in [3.63, 3.8) is 0 Å². The third kappa shape index (κ3) is 4.47. The minimum atomic E-state index is -0.566. The molecule has 2 aliphatic carbocycles. The molecule has 3 rings (SSSR count). The summed E-state index contributed by atoms with van der Waals surface area (Å²) < 4.78 is 0. The lowest BCUT2D eigenvalue weighted by molar-refractivity contribution is -0.122. The SMILES string of the molecule is CSC1=C(C#N)C2(CCCCC2)C(C#N)=C(NC(=O)CN(C)C2CCCCC2)N1. The molecular weight excluding hydrogens is 382 g/mol. The number of allylic oxidation sites excluding steroid dienone is 2. The smallest absolute Gasteiger partial charge is 0.239 e. The zero-order chi connectivity index (χ0) is 20.9. The molecule has 2 saturated carbocycles. The predicted molar refractivity (Wildman–Crippen MR) is 115 cm³/mol. The molecule has 1 aliphatic heterocycles. The van der Waals surface area contributed by atoms with Gasteiger partial charge in [-0.2, -0.15) is 10.5 Å². The number of nitriles is 2. The van der Waals surface area contributed by atoms with E-state index in [-0.39, 0.29) is 5.91 Å². The number of hydrogen-bond donors (Lipinski definition) is 2. The molecule has 0 aromatic heterocycles. The first-order valence-corrected chi connectivity index (χ1v) is 11.9. The minimum absolute atomic E-state index is 0.111. The molecule has 0 aromatic carbocycles. The Morgan fingerprint density at radius 1 is 1.14 bits per heavy atom. The third-order valence-corrected chi connectivity index (χ3v) is 7.38. The van der Waals surface area contributed by atoms with Gasteiger partial charge >= 0.3 is 0 Å². The Kier molecular flexibility index (Phi) is 7.27. The highest BCUT2D eigenvalue weighted by Crippen LogP contribution is 2.51. The molecular formula is C22H31N5OS. The van der Waals surface area contributed by atoms with Gasteiger partial charge < -0.3 is 10.6 Å². The van der Waals surface area contributed by atoms with Gasteiger partial charge in [0.15, 0.2) is 0 Å². The molecule has 0 atom stereocenters. The molecule has 0 saturated heterocycles. The topological polar surface area (TPSA) is 92.0 Å². The standard InChI is InChI=1S/C22H31N5OS/c1-27(16-9-5-3-6-10-16)15-19(28)25-20-17(13-23)22(11-7-4-8-12-22)18(14-24)21(26-20)29-2/h16,26H,3-12,15H2,1-2H3,(H,25,28). The summed E-state index contributed by atoms with van der Waals surface area (Å²) in [6.07, 6.45) is 12.6. The normalized spacial score (nSPS) is 22.2. The zero-order valence-corrected chi connectivity index (χ0v) is 18.3. The maximum Gasteiger partial charge on any atom is 0.239 e. The van der Waals surface area contributed by atoms with Gasteiger partial charge in [-0.15, -0.1) is 11.8 Å². The number of thioether (sulfide) groups is 1. The summed E-state index contributed by atoms with van der Waals surface area (Å²) in [4.78, 5) is 15.0. The number of rotatable bonds is 5. The third-order valence-electron chi connectivity index (χ3n) is 6.66. The van der Waals surface area contributed by atoms with Crippen LogP contribution in [0.15, 0.2) is 22.0 Å². The monoisotopic (exact) mass is 413 g/mol. The van der Waals surface area contributed by atoms with Crippen LogP contribution < -0.4 is 10.6 Å². The van der Waals surface area contributed by atoms with E-state index in [1.807, 2.05) is 13.3 Å². The second kappa shape index (κ2) is 9.69. The highest BCUT2D eigenvalue weighted by molar-refractivity contribution is 8.02. The van der Waals surface area contributed by atoms with E-state index in [1.165, 1.54) is 31.0 Å². The number of carbonyl (C=O) groups is 1. The average molecular weight is 414 g/mol. The van der Waals surface area contributed by atoms with Gasteiger partial charge in [0.1, 0.15) is 5.82 Å². The number of hydrogen-bond acceptors (Lipinski definition) is 6. The first kappa shape index (κ1) is 21.7. The summed E-state index contributed by atoms with van der Waals surface area (Å²) in [5.41, 5.74) is 0.599. The summed E-state index contributed by atoms with van der Waals surface area (Å²) in [5.74, 6) is 0.361. The van der Waals surface area contributed by atoms with Crippen molar-refractivity contribution >= 4 is 17.7 Å². The van der Waals surface area contributed by atoms with Gasteiger partial charge in [-0.1, -0.05) is 38.5 Å². The predicted octanol–water partition coefficient (Wildman–Crippen LogP) is 3.75. The Hall–Kier alpha value is -1.96. The lowest BCUT2D eigenvalue weighted by atomic mass is 9.64. The van der Waals surface area contributed by atoms with Crippen LogP contribution in [-0.2, 0) is 4.79 Å². The highest BCUT2D eigenvalue weighted by atomic mass is 32.2. The quantitative estimate of drug-likeness (QED) is 0.713. The first-order valence-electron chi connectivity index (χ1n) is 10.7. The molecule has 7 heteroatoms. The lowest BCUT2D eigenvalue weighted by Crippen LogP contribution is -2.46. The lowest BCUT2D eigenvalue weighted by Gasteiger charge is -2.41. The van der Waals surface area contributed by atoms with Gasteiger partial charge in [-0.25, -0.2) is 0 Å². The summed E-state index contributed by atoms with van der Waals surface area (Å²) in [6.45, 7) is 0.310. The Morgan fingerprint density at radius 3 is 2.34 bits per heavy atom. The van der Waals surface area contributed by atoms with E-state index in [0.29, 0.717) is 29.6 Å². The van der Waals surface area contributed by atoms with E-state index >= 15 is 0 Å². The summed E-state index contributed by atoms with van der Waals surface area (Å²) in [5, 5.41) is 26.8. The molecule has 0 unspecified atom stereocenters. The van der Waals surface area contributed by atoms with E-state index in [4.69, 9.17) is 0 Å². The highest BCUT2D eigenvalue weighted by Gasteiger charge is 2.46. The second-order valence-corrected chi connectivity index (χ2v) is 9.22. The largest absolute Gasteiger partial charge is 0.335 e. The van der Waals surface area contributed by atoms with Gasteiger partial charge in [-0.05, 0) is 39.0 Å². The maximum atomic E-state index is 12.8. The Bertz CT molecular complexity index is 776. The van der Waals surface area contributed by atoms with E-state index < -0.39 is 5.41 Å². The van der Waals surface area contributed by atoms with Gasteiger partial charge in [0.05, 0.1) is 34.9 Å². The number of dihydropyridines is 1. The van der Waals surface area contributed by atoms with Crippen LogP contribution >= 0.6 is 11.8 Å². The van der Waals surface area contributed by atoms with Crippen molar-refractivity contribution in [3.8, 4) is 12.1 Å². The summed E-state index contributed by atoms with van der Waals surface area (Å²) >= 11 is 1.47. The summed E-state index contributed by atoms with van der Waals surface area (Å²) in [7, 11) is 2.01. The van der Waals surface area contributed by atoms with Crippen LogP contribution in [0.25, 0.3) is 0 Å². The van der Waals surface area contributed by atoms with Crippen molar-refractivity contribution in [3.05, 3.63) is 22.0 Å². The van der Waals surface area contributed by atoms with Crippen LogP contribution in [0, 0.1) is 28.1 Å². The van der Waals surface area contributed by atoms with Crippen LogP contribution in [-0.4, -0.2) is 36.7 Å². The van der Waals surface area contributed by atoms with Crippen molar-refractivity contribution < 1.29 is 4.79 Å². The molecule has 1 spiro atoms. The molecule has 29 heavy (non-hydrogen) atoms. The second-order valence-electron chi connectivity index (χ2n) is 8.40. The van der Waals surface area contributed by atoms with E-state index in [2.05, 4.69) is 27.7 Å². The molecule has 1 heterocycles. The molecule has 0 bridgehead atoms. The van der Waals surface area contributed by atoms with E-state index in [1.54, 1.807) is 0 Å². The van der Waals surface area contributed by atoms with Crippen LogP contribution in [0.4, 0.5) is 0 Å². The van der Waals surface area contributed by atoms with Crippen LogP contribution in [0.1, 0.15) is 64.2 Å². The molecule has 2 fully saturated rings. The first-order chi connectivity index (χ1) is 14.1. The maximum absolute atomic E-state index is 12.8. The Morgan fingerprint density at radius 2 is 1.76 bits per heavy atom. The summed E-state index contributed by atoms with van der Waals surface area (Å²) in [6, 6.07) is 5.16. The van der Waals surface area contributed by atoms with Gasteiger partial charge in [-0.3, -0.25) is 9.69 Å². The number of likely N-dealkylation sites (N-methyl/N-ethyl adjacent to an activating group) is 1. The van der Waals surface area contributed by atoms with Crippen molar-refractivity contribution in [2.75, 3.05) is 19.8 Å². The van der Waals surface area contributed by atoms with Crippen molar-refractivity contribution in [1.82, 2.24) is 15.5 Å². The minimum Gasteiger partial charge on any atom is -0.335 e. The van der Waals surface area contributed by atoms with E-state index in [9.17, 15) is 15.3 Å². The fourth-order valence-electron chi connectivity index (χ4n) is 5.10. The van der Waals surface area contributed by atoms with Crippen LogP contribution in [0.5, 0.6) is 0 Å². The van der Waals surface area contributed by atoms with Crippen molar-refractivity contribution in [2.45, 2.75) is 70.3 Å². The number of nitrogens with one attached hydrogen (secondary N) is 2. The fraction of sp³-hybridized carbons (Fsp3) is 0.682. The molecule has 0 radical (unpaired) electrons. The number of carbonyl (C=O) groups excluding carboxylic acids is 1. The van der Waals surface area contributed by atoms with E-state index in [0.717, 1.165) is 50.0 Å².